The van der Waals surface area contributed by atoms with Crippen LogP contribution in [0.2, 0.25) is 5.02 Å². The molecule has 0 aliphatic rings. The lowest BCUT2D eigenvalue weighted by molar-refractivity contribution is -0.148. The van der Waals surface area contributed by atoms with Crippen molar-refractivity contribution in [3.05, 3.63) is 64.4 Å². The van der Waals surface area contributed by atoms with Crippen LogP contribution in [-0.4, -0.2) is 23.0 Å². The number of rotatable bonds is 5. The van der Waals surface area contributed by atoms with Crippen molar-refractivity contribution in [3.8, 4) is 0 Å². The second kappa shape index (κ2) is 8.28. The number of nitrogens with one attached hydrogen (secondary N) is 1. The lowest BCUT2D eigenvalue weighted by atomic mass is 10.3. The van der Waals surface area contributed by atoms with Gasteiger partial charge >= 0.3 is 5.97 Å². The zero-order valence-electron chi connectivity index (χ0n) is 14.1. The highest BCUT2D eigenvalue weighted by atomic mass is 35.5. The fraction of sp³-hybridized carbons (Fsp3) is 0.105. The molecule has 0 fully saturated rings. The minimum Gasteiger partial charge on any atom is -0.449 e. The number of hydrogen-bond acceptors (Lipinski definition) is 5. The summed E-state index contributed by atoms with van der Waals surface area (Å²) in [5.41, 5.74) is 0.797. The Hall–Kier alpha value is -2.77. The van der Waals surface area contributed by atoms with Gasteiger partial charge in [-0.25, -0.2) is 14.2 Å². The molecular formula is C19H14ClFN2O3S. The van der Waals surface area contributed by atoms with Gasteiger partial charge in [-0.05, 0) is 43.3 Å². The average molecular weight is 405 g/mol. The summed E-state index contributed by atoms with van der Waals surface area (Å²) >= 11 is 7.09. The lowest BCUT2D eigenvalue weighted by Gasteiger charge is -2.12. The predicted molar refractivity (Wildman–Crippen MR) is 104 cm³/mol. The molecule has 0 saturated heterocycles. The minimum absolute atomic E-state index is 0.0442. The standard InChI is InChI=1S/C19H14ClFN2O3S/c1-11(19(25)23-14-7-6-12(20)10-13(14)21)26-18(24)9-8-17-22-15-4-2-3-5-16(15)27-17/h2-11H,1H3,(H,23,25)/b9-8+/t11-/m0/s1. The third kappa shape index (κ3) is 4.90. The predicted octanol–water partition coefficient (Wildman–Crippen LogP) is 4.67. The number of benzene rings is 2. The van der Waals surface area contributed by atoms with E-state index in [0.717, 1.165) is 16.3 Å². The maximum atomic E-state index is 13.7. The van der Waals surface area contributed by atoms with E-state index in [4.69, 9.17) is 16.3 Å². The molecule has 0 spiro atoms. The molecule has 27 heavy (non-hydrogen) atoms. The zero-order chi connectivity index (χ0) is 19.4. The van der Waals surface area contributed by atoms with Gasteiger partial charge in [-0.1, -0.05) is 23.7 Å². The number of hydrogen-bond donors (Lipinski definition) is 1. The summed E-state index contributed by atoms with van der Waals surface area (Å²) in [6.45, 7) is 1.40. The minimum atomic E-state index is -1.10. The summed E-state index contributed by atoms with van der Waals surface area (Å²) in [5, 5.41) is 3.21. The largest absolute Gasteiger partial charge is 0.449 e. The molecule has 8 heteroatoms. The number of esters is 1. The van der Waals surface area contributed by atoms with Gasteiger partial charge in [0, 0.05) is 11.1 Å². The van der Waals surface area contributed by atoms with Crippen LogP contribution < -0.4 is 5.32 Å². The monoisotopic (exact) mass is 404 g/mol. The number of anilines is 1. The van der Waals surface area contributed by atoms with Gasteiger partial charge in [0.1, 0.15) is 10.8 Å². The first-order valence-corrected chi connectivity index (χ1v) is 9.12. The highest BCUT2D eigenvalue weighted by molar-refractivity contribution is 7.19. The van der Waals surface area contributed by atoms with Crippen molar-refractivity contribution in [2.24, 2.45) is 0 Å². The van der Waals surface area contributed by atoms with Crippen molar-refractivity contribution in [3.63, 3.8) is 0 Å². The Morgan fingerprint density at radius 1 is 1.30 bits per heavy atom. The molecule has 1 N–H and O–H groups in total. The lowest BCUT2D eigenvalue weighted by Crippen LogP contribution is -2.29. The topological polar surface area (TPSA) is 68.3 Å². The number of para-hydroxylation sites is 1. The second-order valence-electron chi connectivity index (χ2n) is 5.55. The first kappa shape index (κ1) is 19.0. The van der Waals surface area contributed by atoms with Gasteiger partial charge in [0.15, 0.2) is 6.10 Å². The van der Waals surface area contributed by atoms with Crippen LogP contribution in [0.3, 0.4) is 0 Å². The van der Waals surface area contributed by atoms with Crippen molar-refractivity contribution in [1.82, 2.24) is 4.98 Å². The van der Waals surface area contributed by atoms with E-state index in [9.17, 15) is 14.0 Å². The van der Waals surface area contributed by atoms with Gasteiger partial charge in [-0.15, -0.1) is 11.3 Å². The maximum absolute atomic E-state index is 13.7. The molecule has 0 aliphatic carbocycles. The molecule has 0 saturated carbocycles. The quantitative estimate of drug-likeness (QED) is 0.495. The summed E-state index contributed by atoms with van der Waals surface area (Å²) in [4.78, 5) is 28.3. The second-order valence-corrected chi connectivity index (χ2v) is 7.04. The number of carbonyl (C=O) groups is 2. The van der Waals surface area contributed by atoms with Crippen molar-refractivity contribution in [2.75, 3.05) is 5.32 Å². The summed E-state index contributed by atoms with van der Waals surface area (Å²) in [6.07, 6.45) is 1.62. The van der Waals surface area contributed by atoms with Crippen LogP contribution in [0.25, 0.3) is 16.3 Å². The maximum Gasteiger partial charge on any atom is 0.331 e. The number of amides is 1. The molecular weight excluding hydrogens is 391 g/mol. The molecule has 3 aromatic rings. The SMILES string of the molecule is C[C@H](OC(=O)/C=C/c1nc2ccccc2s1)C(=O)Nc1ccc(Cl)cc1F. The molecule has 138 valence electrons. The summed E-state index contributed by atoms with van der Waals surface area (Å²) in [6, 6.07) is 11.5. The van der Waals surface area contributed by atoms with Crippen molar-refractivity contribution in [2.45, 2.75) is 13.0 Å². The Bertz CT molecular complexity index is 1000. The molecule has 0 bridgehead atoms. The van der Waals surface area contributed by atoms with Crippen molar-refractivity contribution >= 4 is 56.8 Å². The molecule has 0 unspecified atom stereocenters. The summed E-state index contributed by atoms with van der Waals surface area (Å²) in [7, 11) is 0. The normalized spacial score (nSPS) is 12.3. The van der Waals surface area contributed by atoms with Crippen molar-refractivity contribution in [1.29, 1.82) is 0 Å². The number of fused-ring (bicyclic) bond motifs is 1. The third-order valence-electron chi connectivity index (χ3n) is 3.52. The van der Waals surface area contributed by atoms with E-state index in [2.05, 4.69) is 10.3 Å². The van der Waals surface area contributed by atoms with E-state index in [0.29, 0.717) is 5.01 Å². The van der Waals surface area contributed by atoms with E-state index >= 15 is 0 Å². The van der Waals surface area contributed by atoms with Crippen LogP contribution in [0.1, 0.15) is 11.9 Å². The summed E-state index contributed by atoms with van der Waals surface area (Å²) in [5.74, 6) is -2.03. The highest BCUT2D eigenvalue weighted by Gasteiger charge is 2.18. The molecule has 1 atom stereocenters. The Morgan fingerprint density at radius 3 is 2.81 bits per heavy atom. The van der Waals surface area contributed by atoms with Crippen LogP contribution >= 0.6 is 22.9 Å². The van der Waals surface area contributed by atoms with Gasteiger partial charge in [0.05, 0.1) is 15.9 Å². The molecule has 1 amide bonds. The van der Waals surface area contributed by atoms with Crippen LogP contribution in [0, 0.1) is 5.82 Å². The molecule has 5 nitrogen and oxygen atoms in total. The van der Waals surface area contributed by atoms with E-state index < -0.39 is 23.8 Å². The van der Waals surface area contributed by atoms with Crippen LogP contribution in [0.15, 0.2) is 48.5 Å². The number of nitrogens with zero attached hydrogens (tertiary/aromatic N) is 1. The highest BCUT2D eigenvalue weighted by Crippen LogP contribution is 2.22. The van der Waals surface area contributed by atoms with Gasteiger partial charge in [-0.2, -0.15) is 0 Å². The molecule has 2 aromatic carbocycles. The number of halogens is 2. The molecule has 3 rings (SSSR count). The number of thiazole rings is 1. The fourth-order valence-electron chi connectivity index (χ4n) is 2.19. The van der Waals surface area contributed by atoms with Crippen LogP contribution in [0.5, 0.6) is 0 Å². The zero-order valence-corrected chi connectivity index (χ0v) is 15.7. The first-order chi connectivity index (χ1) is 12.9. The Kier molecular flexibility index (Phi) is 5.83. The van der Waals surface area contributed by atoms with E-state index in [-0.39, 0.29) is 10.7 Å². The summed E-state index contributed by atoms with van der Waals surface area (Å²) < 4.78 is 19.7. The fourth-order valence-corrected chi connectivity index (χ4v) is 3.22. The smallest absolute Gasteiger partial charge is 0.331 e. The number of carbonyl (C=O) groups excluding carboxylic acids is 2. The van der Waals surface area contributed by atoms with Gasteiger partial charge in [0.2, 0.25) is 0 Å². The van der Waals surface area contributed by atoms with Gasteiger partial charge in [-0.3, -0.25) is 4.79 Å². The van der Waals surface area contributed by atoms with Gasteiger partial charge < -0.3 is 10.1 Å². The number of ether oxygens (including phenoxy) is 1. The average Bonchev–Trinajstić information content (AvgIpc) is 3.05. The van der Waals surface area contributed by atoms with E-state index in [1.54, 1.807) is 0 Å². The Balaban J connectivity index is 1.58. The van der Waals surface area contributed by atoms with E-state index in [1.165, 1.54) is 42.5 Å². The molecule has 0 radical (unpaired) electrons. The third-order valence-corrected chi connectivity index (χ3v) is 4.76. The van der Waals surface area contributed by atoms with Gasteiger partial charge in [0.25, 0.3) is 5.91 Å². The first-order valence-electron chi connectivity index (χ1n) is 7.92. The molecule has 0 aliphatic heterocycles. The Morgan fingerprint density at radius 2 is 2.07 bits per heavy atom. The van der Waals surface area contributed by atoms with E-state index in [1.807, 2.05) is 24.3 Å². The molecule has 1 aromatic heterocycles. The number of aromatic nitrogens is 1. The van der Waals surface area contributed by atoms with Crippen molar-refractivity contribution < 1.29 is 18.7 Å². The van der Waals surface area contributed by atoms with Crippen LogP contribution in [-0.2, 0) is 14.3 Å². The van der Waals surface area contributed by atoms with Crippen LogP contribution in [0.4, 0.5) is 10.1 Å². The Labute approximate surface area is 163 Å². The molecule has 1 heterocycles.